The van der Waals surface area contributed by atoms with Crippen LogP contribution in [-0.4, -0.2) is 22.1 Å². The van der Waals surface area contributed by atoms with E-state index in [0.29, 0.717) is 11.7 Å². The minimum Gasteiger partial charge on any atom is -0.388 e. The van der Waals surface area contributed by atoms with Crippen molar-refractivity contribution in [2.45, 2.75) is 76.2 Å². The minimum atomic E-state index is -0.400. The van der Waals surface area contributed by atoms with E-state index in [1.807, 2.05) is 29.2 Å². The molecule has 2 fully saturated rings. The first kappa shape index (κ1) is 22.4. The number of aliphatic hydroxyl groups excluding tert-OH is 1. The number of hydrogen-bond donors (Lipinski definition) is 1. The van der Waals surface area contributed by atoms with E-state index in [2.05, 4.69) is 31.2 Å². The summed E-state index contributed by atoms with van der Waals surface area (Å²) in [6.07, 6.45) is 9.89. The van der Waals surface area contributed by atoms with Crippen LogP contribution in [0.5, 0.6) is 0 Å². The van der Waals surface area contributed by atoms with Crippen molar-refractivity contribution in [1.82, 2.24) is 0 Å². The van der Waals surface area contributed by atoms with Gasteiger partial charge in [-0.1, -0.05) is 75.4 Å². The van der Waals surface area contributed by atoms with Gasteiger partial charge in [0.2, 0.25) is 5.91 Å². The highest BCUT2D eigenvalue weighted by Crippen LogP contribution is 2.35. The highest BCUT2D eigenvalue weighted by Gasteiger charge is 2.32. The number of anilines is 1. The van der Waals surface area contributed by atoms with Gasteiger partial charge in [0.25, 0.3) is 0 Å². The molecule has 3 nitrogen and oxygen atoms in total. The molecule has 0 aromatic heterocycles. The molecule has 1 aliphatic carbocycles. The number of rotatable bonds is 8. The Labute approximate surface area is 191 Å². The van der Waals surface area contributed by atoms with Crippen molar-refractivity contribution in [2.75, 3.05) is 10.7 Å². The average molecular weight is 438 g/mol. The fourth-order valence-electron chi connectivity index (χ4n) is 4.96. The molecule has 1 amide bonds. The summed E-state index contributed by atoms with van der Waals surface area (Å²) in [7, 11) is 0. The van der Waals surface area contributed by atoms with Gasteiger partial charge in [0.15, 0.2) is 0 Å². The first-order valence-electron chi connectivity index (χ1n) is 11.9. The fraction of sp³-hybridized carbons (Fsp3) is 0.519. The van der Waals surface area contributed by atoms with Crippen molar-refractivity contribution in [1.29, 1.82) is 0 Å². The maximum absolute atomic E-state index is 12.6. The van der Waals surface area contributed by atoms with Crippen LogP contribution in [0, 0.1) is 5.92 Å². The number of aryl methyl sites for hydroxylation is 2. The van der Waals surface area contributed by atoms with Gasteiger partial charge in [0, 0.05) is 5.69 Å². The number of nitrogens with zero attached hydrogens (tertiary/aromatic N) is 1. The highest BCUT2D eigenvalue weighted by atomic mass is 32.2. The molecule has 0 bridgehead atoms. The Hall–Kier alpha value is -1.78. The summed E-state index contributed by atoms with van der Waals surface area (Å²) in [5.74, 6) is 1.38. The van der Waals surface area contributed by atoms with Crippen LogP contribution in [0.4, 0.5) is 5.69 Å². The van der Waals surface area contributed by atoms with Crippen LogP contribution in [0.1, 0.15) is 74.7 Å². The van der Waals surface area contributed by atoms with Crippen molar-refractivity contribution < 1.29 is 9.90 Å². The zero-order chi connectivity index (χ0) is 21.6. The standard InChI is InChI=1S/C27H35NO2S/c1-2-20-8-10-21(11-9-20)12-17-27-28(26(30)19-31-27)24-15-13-23(14-16-24)25(29)18-22-6-4-3-5-7-22/h8-11,13-16,22,25,27,29H,2-7,12,17-19H2,1H3. The number of carbonyl (C=O) groups excluding carboxylic acids is 1. The third-order valence-electron chi connectivity index (χ3n) is 6.90. The summed E-state index contributed by atoms with van der Waals surface area (Å²) < 4.78 is 0. The maximum Gasteiger partial charge on any atom is 0.238 e. The van der Waals surface area contributed by atoms with E-state index < -0.39 is 6.10 Å². The lowest BCUT2D eigenvalue weighted by Gasteiger charge is -2.26. The molecule has 1 heterocycles. The summed E-state index contributed by atoms with van der Waals surface area (Å²) >= 11 is 1.74. The van der Waals surface area contributed by atoms with Crippen molar-refractivity contribution in [3.63, 3.8) is 0 Å². The first-order valence-corrected chi connectivity index (χ1v) is 13.0. The third kappa shape index (κ3) is 5.72. The van der Waals surface area contributed by atoms with Crippen LogP contribution >= 0.6 is 11.8 Å². The molecule has 31 heavy (non-hydrogen) atoms. The first-order chi connectivity index (χ1) is 15.1. The Balaban J connectivity index is 1.37. The van der Waals surface area contributed by atoms with E-state index >= 15 is 0 Å². The SMILES string of the molecule is CCc1ccc(CCC2SCC(=O)N2c2ccc(C(O)CC3CCCCC3)cc2)cc1. The van der Waals surface area contributed by atoms with E-state index in [0.717, 1.165) is 36.9 Å². The van der Waals surface area contributed by atoms with E-state index in [4.69, 9.17) is 0 Å². The number of carbonyl (C=O) groups is 1. The number of hydrogen-bond acceptors (Lipinski definition) is 3. The van der Waals surface area contributed by atoms with Crippen molar-refractivity contribution in [2.24, 2.45) is 5.92 Å². The van der Waals surface area contributed by atoms with E-state index in [9.17, 15) is 9.90 Å². The van der Waals surface area contributed by atoms with E-state index in [1.165, 1.54) is 43.2 Å². The highest BCUT2D eigenvalue weighted by molar-refractivity contribution is 8.01. The summed E-state index contributed by atoms with van der Waals surface area (Å²) in [5, 5.41) is 10.9. The quantitative estimate of drug-likeness (QED) is 0.527. The van der Waals surface area contributed by atoms with Crippen LogP contribution in [0.2, 0.25) is 0 Å². The maximum atomic E-state index is 12.6. The second-order valence-corrected chi connectivity index (χ2v) is 10.3. The van der Waals surface area contributed by atoms with Crippen LogP contribution < -0.4 is 4.90 Å². The Morgan fingerprint density at radius 2 is 1.68 bits per heavy atom. The molecule has 166 valence electrons. The zero-order valence-corrected chi connectivity index (χ0v) is 19.4. The Morgan fingerprint density at radius 3 is 2.35 bits per heavy atom. The second kappa shape index (κ2) is 10.7. The van der Waals surface area contributed by atoms with E-state index in [-0.39, 0.29) is 11.3 Å². The lowest BCUT2D eigenvalue weighted by atomic mass is 9.84. The molecule has 2 unspecified atom stereocenters. The fourth-order valence-corrected chi connectivity index (χ4v) is 6.11. The largest absolute Gasteiger partial charge is 0.388 e. The molecule has 1 saturated carbocycles. The molecular weight excluding hydrogens is 402 g/mol. The minimum absolute atomic E-state index is 0.177. The van der Waals surface area contributed by atoms with Crippen LogP contribution in [0.15, 0.2) is 48.5 Å². The third-order valence-corrected chi connectivity index (χ3v) is 8.15. The molecule has 0 radical (unpaired) electrons. The molecular formula is C27H35NO2S. The van der Waals surface area contributed by atoms with Gasteiger partial charge in [-0.25, -0.2) is 0 Å². The smallest absolute Gasteiger partial charge is 0.238 e. The second-order valence-electron chi connectivity index (χ2n) is 9.09. The normalized spacial score (nSPS) is 20.9. The van der Waals surface area contributed by atoms with Gasteiger partial charge in [-0.2, -0.15) is 0 Å². The van der Waals surface area contributed by atoms with Crippen molar-refractivity contribution in [3.05, 3.63) is 65.2 Å². The van der Waals surface area contributed by atoms with Gasteiger partial charge in [-0.3, -0.25) is 9.69 Å². The molecule has 1 saturated heterocycles. The van der Waals surface area contributed by atoms with Gasteiger partial charge in [0.1, 0.15) is 0 Å². The molecule has 1 N–H and O–H groups in total. The lowest BCUT2D eigenvalue weighted by Crippen LogP contribution is -2.33. The molecule has 2 atom stereocenters. The van der Waals surface area contributed by atoms with Gasteiger partial charge >= 0.3 is 0 Å². The van der Waals surface area contributed by atoms with Crippen LogP contribution in [0.25, 0.3) is 0 Å². The topological polar surface area (TPSA) is 40.5 Å². The summed E-state index contributed by atoms with van der Waals surface area (Å²) in [4.78, 5) is 14.6. The van der Waals surface area contributed by atoms with Gasteiger partial charge in [-0.05, 0) is 60.4 Å². The summed E-state index contributed by atoms with van der Waals surface area (Å²) in [5.41, 5.74) is 4.62. The zero-order valence-electron chi connectivity index (χ0n) is 18.6. The molecule has 4 heteroatoms. The Morgan fingerprint density at radius 1 is 1.00 bits per heavy atom. The summed E-state index contributed by atoms with van der Waals surface area (Å²) in [6, 6.07) is 16.9. The number of aliphatic hydroxyl groups is 1. The van der Waals surface area contributed by atoms with E-state index in [1.54, 1.807) is 11.8 Å². The van der Waals surface area contributed by atoms with Crippen LogP contribution in [0.3, 0.4) is 0 Å². The Kier molecular flexibility index (Phi) is 7.73. The number of amides is 1. The van der Waals surface area contributed by atoms with Crippen LogP contribution in [-0.2, 0) is 17.6 Å². The predicted octanol–water partition coefficient (Wildman–Crippen LogP) is 6.29. The van der Waals surface area contributed by atoms with Crippen molar-refractivity contribution in [3.8, 4) is 0 Å². The molecule has 1 aliphatic heterocycles. The molecule has 0 spiro atoms. The monoisotopic (exact) mass is 437 g/mol. The molecule has 2 aliphatic rings. The van der Waals surface area contributed by atoms with Gasteiger partial charge in [-0.15, -0.1) is 11.8 Å². The summed E-state index contributed by atoms with van der Waals surface area (Å²) in [6.45, 7) is 2.17. The number of benzene rings is 2. The lowest BCUT2D eigenvalue weighted by molar-refractivity contribution is -0.115. The van der Waals surface area contributed by atoms with Gasteiger partial charge < -0.3 is 5.11 Å². The average Bonchev–Trinajstić information content (AvgIpc) is 3.19. The molecule has 2 aromatic rings. The Bertz CT molecular complexity index is 843. The van der Waals surface area contributed by atoms with Crippen molar-refractivity contribution >= 4 is 23.4 Å². The molecule has 4 rings (SSSR count). The predicted molar refractivity (Wildman–Crippen MR) is 130 cm³/mol. The molecule has 2 aromatic carbocycles. The van der Waals surface area contributed by atoms with Gasteiger partial charge in [0.05, 0.1) is 17.2 Å². The number of thioether (sulfide) groups is 1.